The first-order valence-electron chi connectivity index (χ1n) is 11.7. The predicted molar refractivity (Wildman–Crippen MR) is 130 cm³/mol. The van der Waals surface area contributed by atoms with Crippen molar-refractivity contribution >= 4 is 23.7 Å². The first-order valence-corrected chi connectivity index (χ1v) is 11.7. The number of aliphatic hydroxyl groups is 1. The molecule has 0 saturated carbocycles. The minimum Gasteiger partial charge on any atom is -0.480 e. The van der Waals surface area contributed by atoms with Crippen molar-refractivity contribution in [1.29, 1.82) is 0 Å². The average molecular weight is 503 g/mol. The number of aliphatic hydroxyl groups excluding tert-OH is 1. The van der Waals surface area contributed by atoms with Crippen molar-refractivity contribution in [3.8, 4) is 0 Å². The van der Waals surface area contributed by atoms with E-state index in [0.717, 1.165) is 5.56 Å². The Hall–Kier alpha value is -3.77. The van der Waals surface area contributed by atoms with Crippen LogP contribution in [0.5, 0.6) is 0 Å². The van der Waals surface area contributed by atoms with Crippen molar-refractivity contribution in [3.05, 3.63) is 54.1 Å². The lowest BCUT2D eigenvalue weighted by Gasteiger charge is -2.26. The number of aliphatic carboxylic acids is 1. The summed E-state index contributed by atoms with van der Waals surface area (Å²) in [6.45, 7) is 2.77. The van der Waals surface area contributed by atoms with Crippen LogP contribution < -0.4 is 21.7 Å². The highest BCUT2D eigenvalue weighted by Crippen LogP contribution is 2.10. The van der Waals surface area contributed by atoms with Gasteiger partial charge in [-0.1, -0.05) is 50.6 Å². The molecule has 0 saturated heterocycles. The number of hydrogen-bond acceptors (Lipinski definition) is 7. The number of nitrogens with two attached hydrogens (primary N) is 1. The summed E-state index contributed by atoms with van der Waals surface area (Å²) in [6.07, 6.45) is 3.68. The standard InChI is InChI=1S/C24H34N6O6/c1-3-14(2)20(24(35)36)30-22(33)18(9-15-7-5-4-6-8-15)28-23(34)19(12-31)29-21(32)17(25)10-16-11-26-13-27-16/h4-8,11,13-14,17-20,31H,3,9-10,12,25H2,1-2H3,(H,26,27)(H,28,34)(H,29,32)(H,30,33)(H,35,36). The molecule has 12 nitrogen and oxygen atoms in total. The third-order valence-electron chi connectivity index (χ3n) is 5.84. The number of aromatic nitrogens is 2. The van der Waals surface area contributed by atoms with Gasteiger partial charge in [-0.2, -0.15) is 0 Å². The highest BCUT2D eigenvalue weighted by molar-refractivity contribution is 5.94. The molecule has 5 unspecified atom stereocenters. The molecule has 0 spiro atoms. The number of hydrogen-bond donors (Lipinski definition) is 7. The summed E-state index contributed by atoms with van der Waals surface area (Å²) in [5.74, 6) is -3.72. The molecular weight excluding hydrogens is 468 g/mol. The van der Waals surface area contributed by atoms with Gasteiger partial charge in [-0.05, 0) is 11.5 Å². The lowest BCUT2D eigenvalue weighted by molar-refractivity contribution is -0.143. The van der Waals surface area contributed by atoms with Crippen LogP contribution in [0.25, 0.3) is 0 Å². The first kappa shape index (κ1) is 28.5. The third-order valence-corrected chi connectivity index (χ3v) is 5.84. The van der Waals surface area contributed by atoms with Crippen LogP contribution in [0.1, 0.15) is 31.5 Å². The molecule has 0 aliphatic heterocycles. The van der Waals surface area contributed by atoms with E-state index in [9.17, 15) is 29.4 Å². The van der Waals surface area contributed by atoms with Crippen molar-refractivity contribution in [2.45, 2.75) is 57.3 Å². The topological polar surface area (TPSA) is 200 Å². The van der Waals surface area contributed by atoms with E-state index in [1.54, 1.807) is 37.3 Å². The van der Waals surface area contributed by atoms with Gasteiger partial charge in [0.1, 0.15) is 18.1 Å². The number of nitrogens with one attached hydrogen (secondary N) is 4. The van der Waals surface area contributed by atoms with Crippen molar-refractivity contribution in [3.63, 3.8) is 0 Å². The second kappa shape index (κ2) is 14.0. The van der Waals surface area contributed by atoms with Crippen LogP contribution in [-0.4, -0.2) is 74.6 Å². The van der Waals surface area contributed by atoms with E-state index in [1.807, 2.05) is 6.92 Å². The van der Waals surface area contributed by atoms with E-state index >= 15 is 0 Å². The minimum absolute atomic E-state index is 0.0662. The van der Waals surface area contributed by atoms with Gasteiger partial charge in [0.25, 0.3) is 0 Å². The van der Waals surface area contributed by atoms with Gasteiger partial charge in [0.2, 0.25) is 17.7 Å². The van der Waals surface area contributed by atoms with Gasteiger partial charge in [0, 0.05) is 24.7 Å². The van der Waals surface area contributed by atoms with Gasteiger partial charge in [-0.15, -0.1) is 0 Å². The molecular formula is C24H34N6O6. The number of carbonyl (C=O) groups excluding carboxylic acids is 3. The number of rotatable bonds is 14. The molecule has 5 atom stereocenters. The van der Waals surface area contributed by atoms with Crippen molar-refractivity contribution in [2.75, 3.05) is 6.61 Å². The highest BCUT2D eigenvalue weighted by Gasteiger charge is 2.32. The van der Waals surface area contributed by atoms with Crippen molar-refractivity contribution in [2.24, 2.45) is 11.7 Å². The van der Waals surface area contributed by atoms with Crippen molar-refractivity contribution < 1.29 is 29.4 Å². The SMILES string of the molecule is CCC(C)C(NC(=O)C(Cc1ccccc1)NC(=O)C(CO)NC(=O)C(N)Cc1cnc[nH]1)C(=O)O. The van der Waals surface area contributed by atoms with E-state index in [0.29, 0.717) is 12.1 Å². The fraction of sp³-hybridized carbons (Fsp3) is 0.458. The zero-order valence-corrected chi connectivity index (χ0v) is 20.3. The zero-order valence-electron chi connectivity index (χ0n) is 20.3. The van der Waals surface area contributed by atoms with E-state index in [4.69, 9.17) is 5.73 Å². The first-order chi connectivity index (χ1) is 17.2. The molecule has 0 aliphatic rings. The fourth-order valence-corrected chi connectivity index (χ4v) is 3.47. The molecule has 1 heterocycles. The molecule has 3 amide bonds. The molecule has 196 valence electrons. The largest absolute Gasteiger partial charge is 0.480 e. The molecule has 0 aliphatic carbocycles. The average Bonchev–Trinajstić information content (AvgIpc) is 3.37. The Kier molecular flexibility index (Phi) is 11.0. The summed E-state index contributed by atoms with van der Waals surface area (Å²) in [6, 6.07) is 4.16. The zero-order chi connectivity index (χ0) is 26.7. The molecule has 0 bridgehead atoms. The second-order valence-corrected chi connectivity index (χ2v) is 8.59. The number of benzene rings is 1. The number of carboxylic acid groups (broad SMARTS) is 1. The molecule has 1 aromatic heterocycles. The molecule has 2 aromatic rings. The fourth-order valence-electron chi connectivity index (χ4n) is 3.47. The van der Waals surface area contributed by atoms with Gasteiger partial charge in [-0.3, -0.25) is 14.4 Å². The molecule has 2 rings (SSSR count). The maximum absolute atomic E-state index is 13.1. The van der Waals surface area contributed by atoms with E-state index in [1.165, 1.54) is 12.5 Å². The lowest BCUT2D eigenvalue weighted by atomic mass is 9.98. The van der Waals surface area contributed by atoms with Crippen LogP contribution in [0.4, 0.5) is 0 Å². The Balaban J connectivity index is 2.13. The number of carboxylic acids is 1. The maximum Gasteiger partial charge on any atom is 0.326 e. The summed E-state index contributed by atoms with van der Waals surface area (Å²) in [5.41, 5.74) is 7.24. The Bertz CT molecular complexity index is 1000. The monoisotopic (exact) mass is 502 g/mol. The van der Waals surface area contributed by atoms with Gasteiger partial charge in [0.05, 0.1) is 19.0 Å². The van der Waals surface area contributed by atoms with Crippen LogP contribution >= 0.6 is 0 Å². The summed E-state index contributed by atoms with van der Waals surface area (Å²) in [5, 5.41) is 26.7. The second-order valence-electron chi connectivity index (χ2n) is 8.59. The lowest BCUT2D eigenvalue weighted by Crippen LogP contribution is -2.59. The summed E-state index contributed by atoms with van der Waals surface area (Å²) in [7, 11) is 0. The van der Waals surface area contributed by atoms with Crippen LogP contribution in [0.3, 0.4) is 0 Å². The van der Waals surface area contributed by atoms with E-state index < -0.39 is 54.5 Å². The number of nitrogens with zero attached hydrogens (tertiary/aromatic N) is 1. The number of carbonyl (C=O) groups is 4. The molecule has 0 fully saturated rings. The van der Waals surface area contributed by atoms with E-state index in [-0.39, 0.29) is 18.8 Å². The Labute approximate surface area is 209 Å². The van der Waals surface area contributed by atoms with Crippen molar-refractivity contribution in [1.82, 2.24) is 25.9 Å². The minimum atomic E-state index is -1.37. The molecule has 36 heavy (non-hydrogen) atoms. The Morgan fingerprint density at radius 2 is 1.64 bits per heavy atom. The number of aromatic amines is 1. The van der Waals surface area contributed by atoms with Crippen LogP contribution in [0.15, 0.2) is 42.9 Å². The summed E-state index contributed by atoms with van der Waals surface area (Å²) >= 11 is 0. The van der Waals surface area contributed by atoms with Crippen LogP contribution in [-0.2, 0) is 32.0 Å². The Morgan fingerprint density at radius 1 is 1.00 bits per heavy atom. The normalized spacial score (nSPS) is 15.1. The van der Waals surface area contributed by atoms with Crippen LogP contribution in [0, 0.1) is 5.92 Å². The van der Waals surface area contributed by atoms with Gasteiger partial charge >= 0.3 is 5.97 Å². The Morgan fingerprint density at radius 3 is 2.19 bits per heavy atom. The molecule has 8 N–H and O–H groups in total. The molecule has 0 radical (unpaired) electrons. The van der Waals surface area contributed by atoms with Gasteiger partial charge in [0.15, 0.2) is 0 Å². The summed E-state index contributed by atoms with van der Waals surface area (Å²) in [4.78, 5) is 56.8. The quantitative estimate of drug-likeness (QED) is 0.172. The highest BCUT2D eigenvalue weighted by atomic mass is 16.4. The van der Waals surface area contributed by atoms with E-state index in [2.05, 4.69) is 25.9 Å². The van der Waals surface area contributed by atoms with Gasteiger partial charge < -0.3 is 36.9 Å². The summed E-state index contributed by atoms with van der Waals surface area (Å²) < 4.78 is 0. The molecule has 12 heteroatoms. The number of amides is 3. The predicted octanol–water partition coefficient (Wildman–Crippen LogP) is -0.900. The third kappa shape index (κ3) is 8.47. The maximum atomic E-state index is 13.1. The van der Waals surface area contributed by atoms with Crippen LogP contribution in [0.2, 0.25) is 0 Å². The number of H-pyrrole nitrogens is 1. The number of imidazole rings is 1. The van der Waals surface area contributed by atoms with Gasteiger partial charge in [-0.25, -0.2) is 9.78 Å². The molecule has 1 aromatic carbocycles. The smallest absolute Gasteiger partial charge is 0.326 e.